The van der Waals surface area contributed by atoms with Gasteiger partial charge in [0.05, 0.1) is 30.7 Å². The van der Waals surface area contributed by atoms with Crippen molar-refractivity contribution in [3.05, 3.63) is 22.7 Å². The van der Waals surface area contributed by atoms with Crippen LogP contribution in [-0.2, 0) is 17.8 Å². The molecule has 2 rings (SSSR count). The molecule has 0 spiro atoms. The van der Waals surface area contributed by atoms with E-state index in [0.29, 0.717) is 18.2 Å². The highest BCUT2D eigenvalue weighted by Gasteiger charge is 2.29. The van der Waals surface area contributed by atoms with Gasteiger partial charge in [-0.2, -0.15) is 0 Å². The van der Waals surface area contributed by atoms with Gasteiger partial charge in [0, 0.05) is 0 Å². The van der Waals surface area contributed by atoms with Gasteiger partial charge in [-0.3, -0.25) is 9.88 Å². The monoisotopic (exact) mass is 255 g/mol. The zero-order valence-electron chi connectivity index (χ0n) is 10.0. The molecule has 0 aromatic carbocycles. The van der Waals surface area contributed by atoms with Crippen molar-refractivity contribution in [2.75, 3.05) is 0 Å². The number of carbonyl (C=O) groups is 1. The van der Waals surface area contributed by atoms with Crippen LogP contribution in [0.4, 0.5) is 4.79 Å². The first-order valence-electron chi connectivity index (χ1n) is 5.33. The Morgan fingerprint density at radius 1 is 1.41 bits per heavy atom. The van der Waals surface area contributed by atoms with Gasteiger partial charge < -0.3 is 4.74 Å². The Kier molecular flexibility index (Phi) is 2.95. The molecule has 0 N–H and O–H groups in total. The average molecular weight is 256 g/mol. The van der Waals surface area contributed by atoms with Gasteiger partial charge in [-0.15, -0.1) is 0 Å². The van der Waals surface area contributed by atoms with Crippen LogP contribution in [0.5, 0.6) is 0 Å². The van der Waals surface area contributed by atoms with E-state index in [1.807, 2.05) is 20.8 Å². The Labute approximate surface area is 105 Å². The van der Waals surface area contributed by atoms with Crippen molar-refractivity contribution in [1.82, 2.24) is 14.9 Å². The number of halogens is 1. The maximum absolute atomic E-state index is 11.8. The average Bonchev–Trinajstić information content (AvgIpc) is 2.57. The first-order chi connectivity index (χ1) is 7.85. The van der Waals surface area contributed by atoms with Crippen LogP contribution in [0.25, 0.3) is 0 Å². The lowest BCUT2D eigenvalue weighted by Crippen LogP contribution is -2.33. The second-order valence-corrected chi connectivity index (χ2v) is 5.31. The van der Waals surface area contributed by atoms with Crippen molar-refractivity contribution in [3.63, 3.8) is 0 Å². The van der Waals surface area contributed by atoms with Crippen LogP contribution in [0.15, 0.2) is 6.20 Å². The summed E-state index contributed by atoms with van der Waals surface area (Å²) in [6, 6.07) is 0. The molecule has 1 aromatic heterocycles. The van der Waals surface area contributed by atoms with Gasteiger partial charge in [-0.25, -0.2) is 9.78 Å². The van der Waals surface area contributed by atoms with Gasteiger partial charge in [0.15, 0.2) is 0 Å². The second-order valence-electron chi connectivity index (χ2n) is 4.92. The number of ether oxygens (including phenoxy) is 1. The summed E-state index contributed by atoms with van der Waals surface area (Å²) in [5, 5.41) is 0.342. The van der Waals surface area contributed by atoms with Crippen LogP contribution in [0.1, 0.15) is 32.2 Å². The topological polar surface area (TPSA) is 55.3 Å². The number of aromatic nitrogens is 2. The summed E-state index contributed by atoms with van der Waals surface area (Å²) >= 11 is 5.75. The van der Waals surface area contributed by atoms with Crippen molar-refractivity contribution in [2.24, 2.45) is 0 Å². The molecule has 1 amide bonds. The predicted molar refractivity (Wildman–Crippen MR) is 62.5 cm³/mol. The summed E-state index contributed by atoms with van der Waals surface area (Å²) in [5.41, 5.74) is 1.02. The highest BCUT2D eigenvalue weighted by Crippen LogP contribution is 2.22. The molecule has 0 saturated carbocycles. The predicted octanol–water partition coefficient (Wildman–Crippen LogP) is 2.38. The Balaban J connectivity index is 2.07. The fraction of sp³-hybridized carbons (Fsp3) is 0.545. The number of hydrogen-bond acceptors (Lipinski definition) is 4. The summed E-state index contributed by atoms with van der Waals surface area (Å²) in [7, 11) is 0. The lowest BCUT2D eigenvalue weighted by molar-refractivity contribution is 0.0239. The Hall–Kier alpha value is -1.36. The van der Waals surface area contributed by atoms with Crippen LogP contribution in [0.2, 0.25) is 5.15 Å². The van der Waals surface area contributed by atoms with Gasteiger partial charge in [-0.05, 0) is 20.8 Å². The van der Waals surface area contributed by atoms with E-state index in [9.17, 15) is 4.79 Å². The van der Waals surface area contributed by atoms with Crippen LogP contribution >= 0.6 is 11.6 Å². The van der Waals surface area contributed by atoms with Crippen molar-refractivity contribution in [1.29, 1.82) is 0 Å². The fourth-order valence-corrected chi connectivity index (χ4v) is 1.71. The third-order valence-electron chi connectivity index (χ3n) is 2.23. The zero-order chi connectivity index (χ0) is 12.6. The smallest absolute Gasteiger partial charge is 0.410 e. The molecular formula is C11H14ClN3O2. The molecule has 1 aliphatic heterocycles. The molecule has 0 saturated heterocycles. The summed E-state index contributed by atoms with van der Waals surface area (Å²) < 4.78 is 5.28. The summed E-state index contributed by atoms with van der Waals surface area (Å²) in [6.45, 7) is 6.33. The molecule has 6 heteroatoms. The Bertz CT molecular complexity index is 457. The van der Waals surface area contributed by atoms with Gasteiger partial charge in [0.1, 0.15) is 10.8 Å². The number of nitrogens with zero attached hydrogens (tertiary/aromatic N) is 3. The van der Waals surface area contributed by atoms with Crippen molar-refractivity contribution in [3.8, 4) is 0 Å². The highest BCUT2D eigenvalue weighted by molar-refractivity contribution is 6.29. The first-order valence-corrected chi connectivity index (χ1v) is 5.71. The van der Waals surface area contributed by atoms with E-state index in [1.54, 1.807) is 4.90 Å². The Morgan fingerprint density at radius 3 is 2.71 bits per heavy atom. The molecule has 1 aliphatic rings. The standard InChI is InChI=1S/C11H14ClN3O2/c1-11(2,3)17-10(16)15-5-7-8(6-15)14-9(12)4-13-7/h4H,5-6H2,1-3H3. The maximum Gasteiger partial charge on any atom is 0.410 e. The van der Waals surface area contributed by atoms with Crippen LogP contribution in [0.3, 0.4) is 0 Å². The number of amides is 1. The van der Waals surface area contributed by atoms with Crippen molar-refractivity contribution in [2.45, 2.75) is 39.5 Å². The molecule has 5 nitrogen and oxygen atoms in total. The molecule has 0 aliphatic carbocycles. The number of fused-ring (bicyclic) bond motifs is 1. The fourth-order valence-electron chi connectivity index (χ4n) is 1.56. The maximum atomic E-state index is 11.8. The van der Waals surface area contributed by atoms with E-state index in [0.717, 1.165) is 11.4 Å². The molecule has 17 heavy (non-hydrogen) atoms. The van der Waals surface area contributed by atoms with Crippen LogP contribution in [0, 0.1) is 0 Å². The van der Waals surface area contributed by atoms with Gasteiger partial charge in [0.2, 0.25) is 0 Å². The first kappa shape index (κ1) is 12.1. The third-order valence-corrected chi connectivity index (χ3v) is 2.42. The molecule has 92 valence electrons. The third kappa shape index (κ3) is 2.85. The quantitative estimate of drug-likeness (QED) is 0.714. The molecule has 0 unspecified atom stereocenters. The lowest BCUT2D eigenvalue weighted by Gasteiger charge is -2.23. The molecule has 0 atom stereocenters. The molecule has 1 aromatic rings. The summed E-state index contributed by atoms with van der Waals surface area (Å²) in [5.74, 6) is 0. The zero-order valence-corrected chi connectivity index (χ0v) is 10.8. The lowest BCUT2D eigenvalue weighted by atomic mass is 10.2. The van der Waals surface area contributed by atoms with Crippen LogP contribution < -0.4 is 0 Å². The van der Waals surface area contributed by atoms with E-state index in [1.165, 1.54) is 6.20 Å². The van der Waals surface area contributed by atoms with Crippen molar-refractivity contribution < 1.29 is 9.53 Å². The molecule has 0 bridgehead atoms. The molecule has 0 radical (unpaired) electrons. The van der Waals surface area contributed by atoms with E-state index >= 15 is 0 Å². The normalized spacial score (nSPS) is 14.7. The van der Waals surface area contributed by atoms with Crippen LogP contribution in [-0.4, -0.2) is 26.6 Å². The minimum atomic E-state index is -0.496. The molecule has 0 fully saturated rings. The van der Waals surface area contributed by atoms with Gasteiger partial charge in [0.25, 0.3) is 0 Å². The van der Waals surface area contributed by atoms with Gasteiger partial charge >= 0.3 is 6.09 Å². The number of carbonyl (C=O) groups excluding carboxylic acids is 1. The minimum absolute atomic E-state index is 0.342. The summed E-state index contributed by atoms with van der Waals surface area (Å²) in [6.07, 6.45) is 1.13. The summed E-state index contributed by atoms with van der Waals surface area (Å²) in [4.78, 5) is 21.7. The van der Waals surface area contributed by atoms with E-state index < -0.39 is 5.60 Å². The number of hydrogen-bond donors (Lipinski definition) is 0. The van der Waals surface area contributed by atoms with E-state index in [-0.39, 0.29) is 6.09 Å². The highest BCUT2D eigenvalue weighted by atomic mass is 35.5. The van der Waals surface area contributed by atoms with E-state index in [2.05, 4.69) is 9.97 Å². The molecular weight excluding hydrogens is 242 g/mol. The second kappa shape index (κ2) is 4.14. The van der Waals surface area contributed by atoms with Crippen molar-refractivity contribution >= 4 is 17.7 Å². The molecule has 2 heterocycles. The SMILES string of the molecule is CC(C)(C)OC(=O)N1Cc2ncc(Cl)nc2C1. The number of rotatable bonds is 0. The minimum Gasteiger partial charge on any atom is -0.444 e. The van der Waals surface area contributed by atoms with E-state index in [4.69, 9.17) is 16.3 Å². The Morgan fingerprint density at radius 2 is 2.06 bits per heavy atom. The largest absolute Gasteiger partial charge is 0.444 e. The van der Waals surface area contributed by atoms with Gasteiger partial charge in [-0.1, -0.05) is 11.6 Å².